The highest BCUT2D eigenvalue weighted by Crippen LogP contribution is 2.30. The predicted octanol–water partition coefficient (Wildman–Crippen LogP) is 4.44. The summed E-state index contributed by atoms with van der Waals surface area (Å²) in [6.45, 7) is 1.00. The number of benzene rings is 3. The molecule has 4 rings (SSSR count). The fourth-order valence-electron chi connectivity index (χ4n) is 3.97. The van der Waals surface area contributed by atoms with Gasteiger partial charge in [0.2, 0.25) is 5.91 Å². The second kappa shape index (κ2) is 7.95. The molecule has 3 nitrogen and oxygen atoms in total. The lowest BCUT2D eigenvalue weighted by atomic mass is 9.97. The summed E-state index contributed by atoms with van der Waals surface area (Å²) in [5, 5.41) is 0. The lowest BCUT2D eigenvalue weighted by molar-refractivity contribution is -0.119. The normalized spacial score (nSPS) is 14.2. The van der Waals surface area contributed by atoms with Gasteiger partial charge in [-0.15, -0.1) is 0 Å². The van der Waals surface area contributed by atoms with Crippen molar-refractivity contribution in [2.45, 2.75) is 12.5 Å². The summed E-state index contributed by atoms with van der Waals surface area (Å²) in [5.74, 6) is -0.182. The van der Waals surface area contributed by atoms with Gasteiger partial charge < -0.3 is 4.90 Å². The Morgan fingerprint density at radius 1 is 0.964 bits per heavy atom. The predicted molar refractivity (Wildman–Crippen MR) is 110 cm³/mol. The average Bonchev–Trinajstić information content (AvgIpc) is 3.15. The summed E-state index contributed by atoms with van der Waals surface area (Å²) in [4.78, 5) is 17.0. The molecule has 0 saturated heterocycles. The fraction of sp³-hybridized carbons (Fsp3) is 0.208. The van der Waals surface area contributed by atoms with E-state index >= 15 is 0 Å². The summed E-state index contributed by atoms with van der Waals surface area (Å²) < 4.78 is 13.4. The van der Waals surface area contributed by atoms with E-state index in [1.807, 2.05) is 65.4 Å². The molecule has 142 valence electrons. The third-order valence-corrected chi connectivity index (χ3v) is 5.31. The summed E-state index contributed by atoms with van der Waals surface area (Å²) in [7, 11) is 1.95. The van der Waals surface area contributed by atoms with E-state index in [0.717, 1.165) is 29.8 Å². The Balaban J connectivity index is 1.58. The lowest BCUT2D eigenvalue weighted by Crippen LogP contribution is -2.39. The Kier molecular flexibility index (Phi) is 5.22. The minimum atomic E-state index is -0.261. The van der Waals surface area contributed by atoms with Crippen LogP contribution in [0.3, 0.4) is 0 Å². The van der Waals surface area contributed by atoms with Crippen LogP contribution < -0.4 is 4.90 Å². The molecule has 0 saturated carbocycles. The van der Waals surface area contributed by atoms with Gasteiger partial charge in [0.15, 0.2) is 0 Å². The van der Waals surface area contributed by atoms with Crippen LogP contribution in [0.2, 0.25) is 0 Å². The van der Waals surface area contributed by atoms with E-state index in [9.17, 15) is 9.18 Å². The van der Waals surface area contributed by atoms with Crippen molar-refractivity contribution in [1.29, 1.82) is 0 Å². The van der Waals surface area contributed by atoms with Crippen LogP contribution in [0.1, 0.15) is 22.7 Å². The van der Waals surface area contributed by atoms with Gasteiger partial charge in [-0.2, -0.15) is 0 Å². The number of rotatable bonds is 5. The quantitative estimate of drug-likeness (QED) is 0.659. The van der Waals surface area contributed by atoms with Gasteiger partial charge in [0.25, 0.3) is 0 Å². The van der Waals surface area contributed by atoms with Crippen LogP contribution in [0, 0.1) is 5.82 Å². The molecule has 1 aliphatic heterocycles. The third kappa shape index (κ3) is 3.69. The van der Waals surface area contributed by atoms with Crippen LogP contribution >= 0.6 is 0 Å². The van der Waals surface area contributed by atoms with E-state index in [4.69, 9.17) is 0 Å². The maximum absolute atomic E-state index is 13.4. The molecular weight excluding hydrogens is 351 g/mol. The molecule has 1 unspecified atom stereocenters. The molecule has 0 N–H and O–H groups in total. The molecule has 3 aromatic rings. The smallest absolute Gasteiger partial charge is 0.241 e. The number of likely N-dealkylation sites (N-methyl/N-ethyl adjacent to an activating group) is 1. The van der Waals surface area contributed by atoms with Gasteiger partial charge in [0, 0.05) is 12.2 Å². The van der Waals surface area contributed by atoms with Crippen molar-refractivity contribution in [3.8, 4) is 0 Å². The molecule has 0 bridgehead atoms. The zero-order valence-corrected chi connectivity index (χ0v) is 15.9. The Morgan fingerprint density at radius 3 is 2.36 bits per heavy atom. The number of nitrogens with zero attached hydrogens (tertiary/aromatic N) is 2. The van der Waals surface area contributed by atoms with Crippen LogP contribution in [0.4, 0.5) is 10.1 Å². The first kappa shape index (κ1) is 18.4. The first-order chi connectivity index (χ1) is 13.6. The Bertz CT molecular complexity index is 956. The van der Waals surface area contributed by atoms with Crippen LogP contribution in [0.25, 0.3) is 0 Å². The van der Waals surface area contributed by atoms with Gasteiger partial charge in [-0.05, 0) is 48.4 Å². The second-order valence-corrected chi connectivity index (χ2v) is 7.20. The van der Waals surface area contributed by atoms with Crippen LogP contribution in [-0.2, 0) is 11.2 Å². The number of carbonyl (C=O) groups excluding carboxylic acids is 1. The van der Waals surface area contributed by atoms with E-state index in [-0.39, 0.29) is 24.3 Å². The molecule has 28 heavy (non-hydrogen) atoms. The molecule has 0 fully saturated rings. The highest BCUT2D eigenvalue weighted by Gasteiger charge is 2.27. The molecule has 0 radical (unpaired) electrons. The van der Waals surface area contributed by atoms with Crippen LogP contribution in [0.15, 0.2) is 78.9 Å². The van der Waals surface area contributed by atoms with Gasteiger partial charge >= 0.3 is 0 Å². The van der Waals surface area contributed by atoms with E-state index in [0.29, 0.717) is 0 Å². The van der Waals surface area contributed by atoms with Gasteiger partial charge in [0.05, 0.1) is 12.6 Å². The van der Waals surface area contributed by atoms with E-state index in [1.165, 1.54) is 17.7 Å². The molecule has 4 heteroatoms. The van der Waals surface area contributed by atoms with Crippen molar-refractivity contribution in [2.75, 3.05) is 25.0 Å². The standard InChI is InChI=1S/C24H23FN2O/c1-26(17-23(28)27-16-15-18-7-5-6-10-22(18)27)24(19-8-3-2-4-9-19)20-11-13-21(25)14-12-20/h2-14,24H,15-17H2,1H3. The number of hydrogen-bond acceptors (Lipinski definition) is 2. The average molecular weight is 374 g/mol. The SMILES string of the molecule is CN(CC(=O)N1CCc2ccccc21)C(c1ccccc1)c1ccc(F)cc1. The molecule has 1 aliphatic rings. The summed E-state index contributed by atoms with van der Waals surface area (Å²) in [5.41, 5.74) is 4.27. The van der Waals surface area contributed by atoms with Gasteiger partial charge in [-0.1, -0.05) is 60.7 Å². The largest absolute Gasteiger partial charge is 0.311 e. The summed E-state index contributed by atoms with van der Waals surface area (Å²) in [6.07, 6.45) is 0.895. The topological polar surface area (TPSA) is 23.6 Å². The van der Waals surface area contributed by atoms with Crippen molar-refractivity contribution in [3.05, 3.63) is 101 Å². The maximum atomic E-state index is 13.4. The highest BCUT2D eigenvalue weighted by molar-refractivity contribution is 5.96. The highest BCUT2D eigenvalue weighted by atomic mass is 19.1. The molecule has 0 spiro atoms. The van der Waals surface area contributed by atoms with Crippen molar-refractivity contribution >= 4 is 11.6 Å². The van der Waals surface area contributed by atoms with E-state index in [1.54, 1.807) is 12.1 Å². The van der Waals surface area contributed by atoms with Crippen molar-refractivity contribution in [1.82, 2.24) is 4.90 Å². The third-order valence-electron chi connectivity index (χ3n) is 5.31. The monoisotopic (exact) mass is 374 g/mol. The maximum Gasteiger partial charge on any atom is 0.241 e. The van der Waals surface area contributed by atoms with Gasteiger partial charge in [-0.3, -0.25) is 9.69 Å². The lowest BCUT2D eigenvalue weighted by Gasteiger charge is -2.30. The molecule has 0 aliphatic carbocycles. The summed E-state index contributed by atoms with van der Waals surface area (Å²) in [6, 6.07) is 24.5. The number of halogens is 1. The Morgan fingerprint density at radius 2 is 1.61 bits per heavy atom. The molecule has 3 aromatic carbocycles. The number of fused-ring (bicyclic) bond motifs is 1. The number of amides is 1. The molecular formula is C24H23FN2O. The van der Waals surface area contributed by atoms with Crippen molar-refractivity contribution in [2.24, 2.45) is 0 Å². The number of anilines is 1. The molecule has 1 atom stereocenters. The summed E-state index contributed by atoms with van der Waals surface area (Å²) >= 11 is 0. The fourth-order valence-corrected chi connectivity index (χ4v) is 3.97. The Hall–Kier alpha value is -2.98. The van der Waals surface area contributed by atoms with Crippen molar-refractivity contribution in [3.63, 3.8) is 0 Å². The van der Waals surface area contributed by atoms with Crippen molar-refractivity contribution < 1.29 is 9.18 Å². The number of hydrogen-bond donors (Lipinski definition) is 0. The minimum Gasteiger partial charge on any atom is -0.311 e. The number of carbonyl (C=O) groups is 1. The minimum absolute atomic E-state index is 0.0792. The van der Waals surface area contributed by atoms with Crippen LogP contribution in [0.5, 0.6) is 0 Å². The second-order valence-electron chi connectivity index (χ2n) is 7.20. The van der Waals surface area contributed by atoms with Gasteiger partial charge in [0.1, 0.15) is 5.82 Å². The zero-order chi connectivity index (χ0) is 19.5. The molecule has 1 heterocycles. The molecule has 0 aromatic heterocycles. The van der Waals surface area contributed by atoms with E-state index in [2.05, 4.69) is 6.07 Å². The molecule has 1 amide bonds. The van der Waals surface area contributed by atoms with E-state index < -0.39 is 0 Å². The first-order valence-corrected chi connectivity index (χ1v) is 9.52. The van der Waals surface area contributed by atoms with Crippen LogP contribution in [-0.4, -0.2) is 30.9 Å². The number of para-hydroxylation sites is 1. The van der Waals surface area contributed by atoms with Gasteiger partial charge in [-0.25, -0.2) is 4.39 Å². The Labute approximate surface area is 165 Å². The first-order valence-electron chi connectivity index (χ1n) is 9.52. The zero-order valence-electron chi connectivity index (χ0n) is 15.9.